The van der Waals surface area contributed by atoms with Gasteiger partial charge in [-0.1, -0.05) is 6.07 Å². The first-order valence-electron chi connectivity index (χ1n) is 15.3. The van der Waals surface area contributed by atoms with Crippen LogP contribution in [0.3, 0.4) is 0 Å². The lowest BCUT2D eigenvalue weighted by Gasteiger charge is -2.48. The van der Waals surface area contributed by atoms with Crippen LogP contribution in [0.5, 0.6) is 11.5 Å². The van der Waals surface area contributed by atoms with Crippen molar-refractivity contribution < 1.29 is 50.5 Å². The Kier molecular flexibility index (Phi) is 11.2. The van der Waals surface area contributed by atoms with Crippen LogP contribution in [0.15, 0.2) is 42.5 Å². The van der Waals surface area contributed by atoms with Gasteiger partial charge in [-0.05, 0) is 107 Å². The number of rotatable bonds is 6. The lowest BCUT2D eigenvalue weighted by Crippen LogP contribution is -2.56. The largest absolute Gasteiger partial charge is 0.493 e. The Morgan fingerprint density at radius 2 is 1.51 bits per heavy atom. The van der Waals surface area contributed by atoms with Crippen molar-refractivity contribution >= 4 is 17.7 Å². The maximum atomic E-state index is 12.9. The summed E-state index contributed by atoms with van der Waals surface area (Å²) < 4.78 is 81.6. The SMILES string of the molecule is COc1ccc([C@@]23CC[C@@H](NC(=O)Nc4ccc(C(F)(F)F)cc4)C[C@@H]2N(C2CCN(C)CC2)CC3)cc1OC.O=C(O)C(F)(F)F. The highest BCUT2D eigenvalue weighted by Crippen LogP contribution is 2.51. The molecule has 260 valence electrons. The number of amides is 2. The number of nitrogens with one attached hydrogen (secondary N) is 2. The maximum Gasteiger partial charge on any atom is 0.490 e. The van der Waals surface area contributed by atoms with Crippen LogP contribution in [0.1, 0.15) is 49.7 Å². The van der Waals surface area contributed by atoms with Gasteiger partial charge in [0, 0.05) is 29.2 Å². The second-order valence-electron chi connectivity index (χ2n) is 12.2. The van der Waals surface area contributed by atoms with Crippen LogP contribution in [0.25, 0.3) is 0 Å². The monoisotopic (exact) mass is 674 g/mol. The van der Waals surface area contributed by atoms with Gasteiger partial charge in [0.05, 0.1) is 19.8 Å². The second-order valence-corrected chi connectivity index (χ2v) is 12.2. The van der Waals surface area contributed by atoms with E-state index in [9.17, 15) is 31.1 Å². The van der Waals surface area contributed by atoms with Gasteiger partial charge >= 0.3 is 24.4 Å². The topological polar surface area (TPSA) is 103 Å². The number of methoxy groups -OCH3 is 2. The van der Waals surface area contributed by atoms with Crippen LogP contribution in [0.4, 0.5) is 36.8 Å². The number of carbonyl (C=O) groups is 2. The predicted molar refractivity (Wildman–Crippen MR) is 162 cm³/mol. The molecule has 2 amide bonds. The average molecular weight is 675 g/mol. The molecule has 0 bridgehead atoms. The predicted octanol–water partition coefficient (Wildman–Crippen LogP) is 6.14. The first-order valence-corrected chi connectivity index (χ1v) is 15.3. The zero-order chi connectivity index (χ0) is 34.6. The Hall–Kier alpha value is -3.72. The summed E-state index contributed by atoms with van der Waals surface area (Å²) in [6, 6.07) is 11.1. The molecule has 2 aromatic carbocycles. The molecule has 0 radical (unpaired) electrons. The summed E-state index contributed by atoms with van der Waals surface area (Å²) in [5, 5.41) is 12.9. The molecule has 0 spiro atoms. The lowest BCUT2D eigenvalue weighted by molar-refractivity contribution is -0.192. The molecule has 3 aliphatic rings. The molecule has 3 N–H and O–H groups in total. The average Bonchev–Trinajstić information content (AvgIpc) is 3.40. The molecule has 0 unspecified atom stereocenters. The number of benzene rings is 2. The highest BCUT2D eigenvalue weighted by molar-refractivity contribution is 5.89. The number of ether oxygens (including phenoxy) is 2. The third-order valence-corrected chi connectivity index (χ3v) is 9.46. The first-order chi connectivity index (χ1) is 22.1. The molecule has 3 fully saturated rings. The number of fused-ring (bicyclic) bond motifs is 1. The third-order valence-electron chi connectivity index (χ3n) is 9.46. The number of piperidine rings is 1. The van der Waals surface area contributed by atoms with Crippen molar-refractivity contribution in [2.75, 3.05) is 46.2 Å². The summed E-state index contributed by atoms with van der Waals surface area (Å²) in [4.78, 5) is 26.8. The number of hydrogen-bond acceptors (Lipinski definition) is 6. The Morgan fingerprint density at radius 1 is 0.894 bits per heavy atom. The van der Waals surface area contributed by atoms with E-state index in [1.165, 1.54) is 17.7 Å². The maximum absolute atomic E-state index is 12.9. The van der Waals surface area contributed by atoms with Gasteiger partial charge in [-0.15, -0.1) is 0 Å². The lowest BCUT2D eigenvalue weighted by atomic mass is 9.65. The van der Waals surface area contributed by atoms with E-state index in [-0.39, 0.29) is 17.5 Å². The summed E-state index contributed by atoms with van der Waals surface area (Å²) >= 11 is 0. The fourth-order valence-electron chi connectivity index (χ4n) is 7.06. The summed E-state index contributed by atoms with van der Waals surface area (Å²) in [5.74, 6) is -1.32. The summed E-state index contributed by atoms with van der Waals surface area (Å²) in [6.45, 7) is 3.17. The van der Waals surface area contributed by atoms with Gasteiger partial charge in [-0.25, -0.2) is 9.59 Å². The van der Waals surface area contributed by atoms with Gasteiger partial charge in [-0.2, -0.15) is 26.3 Å². The van der Waals surface area contributed by atoms with Crippen molar-refractivity contribution in [3.8, 4) is 11.5 Å². The minimum atomic E-state index is -5.08. The van der Waals surface area contributed by atoms with Crippen LogP contribution in [0.2, 0.25) is 0 Å². The molecule has 2 saturated heterocycles. The van der Waals surface area contributed by atoms with Crippen molar-refractivity contribution in [1.82, 2.24) is 15.1 Å². The Labute approximate surface area is 269 Å². The molecular weight excluding hydrogens is 634 g/mol. The highest BCUT2D eigenvalue weighted by atomic mass is 19.4. The number of hydrogen-bond donors (Lipinski definition) is 3. The number of anilines is 1. The Bertz CT molecular complexity index is 1380. The number of halogens is 6. The number of carboxylic acid groups (broad SMARTS) is 1. The van der Waals surface area contributed by atoms with Crippen LogP contribution in [-0.4, -0.2) is 92.1 Å². The van der Waals surface area contributed by atoms with Crippen molar-refractivity contribution in [2.24, 2.45) is 0 Å². The number of aliphatic carboxylic acids is 1. The molecule has 2 aromatic rings. The molecule has 5 rings (SSSR count). The molecule has 1 aliphatic carbocycles. The molecule has 2 heterocycles. The Morgan fingerprint density at radius 3 is 2.06 bits per heavy atom. The fraction of sp³-hybridized carbons (Fsp3) is 0.562. The number of nitrogens with zero attached hydrogens (tertiary/aromatic N) is 2. The molecule has 2 aliphatic heterocycles. The molecule has 15 heteroatoms. The molecule has 3 atom stereocenters. The standard InChI is InChI=1S/C30H39F3N4O3.C2HF3O2/c1-36-15-11-24(12-16-36)37-17-14-29(21-6-9-25(39-2)26(18-21)40-3)13-10-23(19-27(29)37)35-28(38)34-22-7-4-20(5-8-22)30(31,32)33;3-2(4,5)1(6)7/h4-9,18,23-24,27H,10-17,19H2,1-3H3,(H2,34,35,38);(H,6,7)/t23-,27+,29+;/m1./s1. The van der Waals surface area contributed by atoms with E-state index in [2.05, 4.69) is 39.6 Å². The highest BCUT2D eigenvalue weighted by Gasteiger charge is 2.53. The molecule has 47 heavy (non-hydrogen) atoms. The summed E-state index contributed by atoms with van der Waals surface area (Å²) in [6.07, 6.45) is -3.66. The molecule has 9 nitrogen and oxygen atoms in total. The second kappa shape index (κ2) is 14.6. The van der Waals surface area contributed by atoms with Crippen molar-refractivity contribution in [2.45, 2.75) is 74.4 Å². The van der Waals surface area contributed by atoms with Gasteiger partial charge in [0.15, 0.2) is 11.5 Å². The van der Waals surface area contributed by atoms with Crippen molar-refractivity contribution in [3.63, 3.8) is 0 Å². The van der Waals surface area contributed by atoms with E-state index in [0.717, 1.165) is 76.0 Å². The number of carboxylic acids is 1. The number of alkyl halides is 6. The van der Waals surface area contributed by atoms with Crippen molar-refractivity contribution in [3.05, 3.63) is 53.6 Å². The van der Waals surface area contributed by atoms with E-state index < -0.39 is 29.9 Å². The minimum absolute atomic E-state index is 0.0421. The van der Waals surface area contributed by atoms with Crippen LogP contribution < -0.4 is 20.1 Å². The number of carbonyl (C=O) groups excluding carboxylic acids is 1. The molecule has 0 aromatic heterocycles. The summed E-state index contributed by atoms with van der Waals surface area (Å²) in [5.41, 5.74) is 0.783. The minimum Gasteiger partial charge on any atom is -0.493 e. The number of urea groups is 1. The third kappa shape index (κ3) is 8.61. The van der Waals surface area contributed by atoms with Crippen LogP contribution in [-0.2, 0) is 16.4 Å². The Balaban J connectivity index is 0.000000644. The number of likely N-dealkylation sites (tertiary alicyclic amines) is 2. The van der Waals surface area contributed by atoms with E-state index in [1.54, 1.807) is 14.2 Å². The van der Waals surface area contributed by atoms with E-state index in [4.69, 9.17) is 19.4 Å². The van der Waals surface area contributed by atoms with E-state index in [0.29, 0.717) is 17.5 Å². The van der Waals surface area contributed by atoms with Gasteiger partial charge in [-0.3, -0.25) is 4.90 Å². The summed E-state index contributed by atoms with van der Waals surface area (Å²) in [7, 11) is 5.47. The van der Waals surface area contributed by atoms with E-state index in [1.807, 2.05) is 6.07 Å². The zero-order valence-electron chi connectivity index (χ0n) is 26.4. The quantitative estimate of drug-likeness (QED) is 0.317. The van der Waals surface area contributed by atoms with Gasteiger partial charge in [0.1, 0.15) is 0 Å². The first kappa shape index (κ1) is 36.1. The molecule has 1 saturated carbocycles. The normalized spacial score (nSPS) is 24.0. The van der Waals surface area contributed by atoms with Gasteiger partial charge in [0.25, 0.3) is 0 Å². The van der Waals surface area contributed by atoms with Gasteiger partial charge in [0.2, 0.25) is 0 Å². The zero-order valence-corrected chi connectivity index (χ0v) is 26.4. The van der Waals surface area contributed by atoms with Gasteiger partial charge < -0.3 is 30.1 Å². The smallest absolute Gasteiger partial charge is 0.490 e. The van der Waals surface area contributed by atoms with Crippen molar-refractivity contribution in [1.29, 1.82) is 0 Å². The molecular formula is C32H40F6N4O5. The van der Waals surface area contributed by atoms with E-state index >= 15 is 0 Å². The fourth-order valence-corrected chi connectivity index (χ4v) is 7.06. The van der Waals surface area contributed by atoms with Crippen LogP contribution in [0, 0.1) is 0 Å². The van der Waals surface area contributed by atoms with Crippen LogP contribution >= 0.6 is 0 Å².